The number of aromatic carboxylic acids is 1. The Hall–Kier alpha value is -2.03. The van der Waals surface area contributed by atoms with Crippen molar-refractivity contribution >= 4 is 16.7 Å². The molecule has 0 unspecified atom stereocenters. The number of fused-ring (bicyclic) bond motifs is 1. The van der Waals surface area contributed by atoms with Crippen LogP contribution in [0.1, 0.15) is 36.7 Å². The molecule has 3 heteroatoms. The standard InChI is InChI=1S/C15H16O3/c1-15(2,3)13-10-5-4-6-12(16)9(10)7-8-11(13)14(17)18/h4-8,16H,1-3H3,(H,17,18). The second-order valence-electron chi connectivity index (χ2n) is 5.42. The van der Waals surface area contributed by atoms with Crippen LogP contribution in [0, 0.1) is 0 Å². The molecule has 2 N–H and O–H groups in total. The molecule has 0 atom stereocenters. The Kier molecular flexibility index (Phi) is 2.77. The molecule has 0 bridgehead atoms. The van der Waals surface area contributed by atoms with E-state index in [2.05, 4.69) is 0 Å². The summed E-state index contributed by atoms with van der Waals surface area (Å²) in [5.41, 5.74) is 0.741. The highest BCUT2D eigenvalue weighted by atomic mass is 16.4. The van der Waals surface area contributed by atoms with E-state index in [0.717, 1.165) is 10.9 Å². The van der Waals surface area contributed by atoms with Crippen LogP contribution in [0.25, 0.3) is 10.8 Å². The lowest BCUT2D eigenvalue weighted by atomic mass is 9.80. The normalized spacial score (nSPS) is 11.7. The molecule has 0 aromatic heterocycles. The largest absolute Gasteiger partial charge is 0.507 e. The fraction of sp³-hybridized carbons (Fsp3) is 0.267. The third-order valence-corrected chi connectivity index (χ3v) is 3.02. The van der Waals surface area contributed by atoms with Crippen LogP contribution in [-0.4, -0.2) is 16.2 Å². The van der Waals surface area contributed by atoms with Crippen LogP contribution in [0.15, 0.2) is 30.3 Å². The molecule has 2 aromatic rings. The summed E-state index contributed by atoms with van der Waals surface area (Å²) in [6.45, 7) is 5.91. The van der Waals surface area contributed by atoms with Gasteiger partial charge in [-0.2, -0.15) is 0 Å². The molecule has 0 aliphatic heterocycles. The molecule has 0 amide bonds. The summed E-state index contributed by atoms with van der Waals surface area (Å²) < 4.78 is 0. The quantitative estimate of drug-likeness (QED) is 0.806. The van der Waals surface area contributed by atoms with Crippen molar-refractivity contribution in [2.75, 3.05) is 0 Å². The zero-order chi connectivity index (χ0) is 13.5. The van der Waals surface area contributed by atoms with Gasteiger partial charge in [-0.15, -0.1) is 0 Å². The molecule has 0 saturated heterocycles. The number of rotatable bonds is 1. The molecule has 0 heterocycles. The van der Waals surface area contributed by atoms with Gasteiger partial charge >= 0.3 is 5.97 Å². The van der Waals surface area contributed by atoms with E-state index in [9.17, 15) is 15.0 Å². The van der Waals surface area contributed by atoms with Gasteiger partial charge in [0.15, 0.2) is 0 Å². The monoisotopic (exact) mass is 244 g/mol. The highest BCUT2D eigenvalue weighted by molar-refractivity contribution is 6.00. The van der Waals surface area contributed by atoms with Crippen LogP contribution >= 0.6 is 0 Å². The maximum absolute atomic E-state index is 11.3. The van der Waals surface area contributed by atoms with Crippen LogP contribution in [0.5, 0.6) is 5.75 Å². The molecular formula is C15H16O3. The lowest BCUT2D eigenvalue weighted by Crippen LogP contribution is -2.17. The zero-order valence-corrected chi connectivity index (χ0v) is 10.7. The van der Waals surface area contributed by atoms with Crippen LogP contribution in [0.4, 0.5) is 0 Å². The number of aromatic hydroxyl groups is 1. The summed E-state index contributed by atoms with van der Waals surface area (Å²) in [5.74, 6) is -0.764. The Balaban J connectivity index is 2.95. The van der Waals surface area contributed by atoms with E-state index in [1.54, 1.807) is 24.3 Å². The van der Waals surface area contributed by atoms with E-state index in [1.165, 1.54) is 0 Å². The second-order valence-corrected chi connectivity index (χ2v) is 5.42. The predicted molar refractivity (Wildman–Crippen MR) is 71.3 cm³/mol. The number of carboxylic acid groups (broad SMARTS) is 1. The molecule has 0 radical (unpaired) electrons. The van der Waals surface area contributed by atoms with Crippen molar-refractivity contribution in [3.05, 3.63) is 41.5 Å². The van der Waals surface area contributed by atoms with Crippen LogP contribution in [-0.2, 0) is 5.41 Å². The number of carboxylic acids is 1. The molecule has 3 nitrogen and oxygen atoms in total. The second kappa shape index (κ2) is 4.02. The van der Waals surface area contributed by atoms with Crippen molar-refractivity contribution < 1.29 is 15.0 Å². The fourth-order valence-corrected chi connectivity index (χ4v) is 2.33. The van der Waals surface area contributed by atoms with Crippen molar-refractivity contribution in [2.45, 2.75) is 26.2 Å². The lowest BCUT2D eigenvalue weighted by Gasteiger charge is -2.24. The van der Waals surface area contributed by atoms with E-state index in [4.69, 9.17) is 0 Å². The predicted octanol–water partition coefficient (Wildman–Crippen LogP) is 3.54. The number of phenolic OH excluding ortho intramolecular Hbond substituents is 1. The maximum Gasteiger partial charge on any atom is 0.336 e. The Morgan fingerprint density at radius 3 is 2.28 bits per heavy atom. The summed E-state index contributed by atoms with van der Waals surface area (Å²) in [5, 5.41) is 20.6. The number of hydrogen-bond acceptors (Lipinski definition) is 2. The summed E-state index contributed by atoms with van der Waals surface area (Å²) in [6, 6.07) is 8.41. The minimum Gasteiger partial charge on any atom is -0.507 e. The van der Waals surface area contributed by atoms with Crippen molar-refractivity contribution in [2.24, 2.45) is 0 Å². The Bertz CT molecular complexity index is 621. The molecule has 0 aliphatic carbocycles. The van der Waals surface area contributed by atoms with Crippen LogP contribution in [0.2, 0.25) is 0 Å². The first-order valence-corrected chi connectivity index (χ1v) is 5.81. The fourth-order valence-electron chi connectivity index (χ4n) is 2.33. The topological polar surface area (TPSA) is 57.5 Å². The first-order valence-electron chi connectivity index (χ1n) is 5.81. The highest BCUT2D eigenvalue weighted by Crippen LogP contribution is 2.36. The first kappa shape index (κ1) is 12.4. The van der Waals surface area contributed by atoms with E-state index >= 15 is 0 Å². The van der Waals surface area contributed by atoms with Gasteiger partial charge in [-0.1, -0.05) is 32.9 Å². The van der Waals surface area contributed by atoms with Gasteiger partial charge in [-0.3, -0.25) is 0 Å². The number of hydrogen-bond donors (Lipinski definition) is 2. The zero-order valence-electron chi connectivity index (χ0n) is 10.7. The molecule has 0 spiro atoms. The summed E-state index contributed by atoms with van der Waals surface area (Å²) >= 11 is 0. The molecule has 0 aliphatic rings. The molecule has 2 aromatic carbocycles. The van der Waals surface area contributed by atoms with E-state index in [-0.39, 0.29) is 11.2 Å². The summed E-state index contributed by atoms with van der Waals surface area (Å²) in [6.07, 6.45) is 0. The van der Waals surface area contributed by atoms with Gasteiger partial charge in [0.25, 0.3) is 0 Å². The minimum absolute atomic E-state index is 0.176. The number of carbonyl (C=O) groups is 1. The van der Waals surface area contributed by atoms with Gasteiger partial charge < -0.3 is 10.2 Å². The SMILES string of the molecule is CC(C)(C)c1c(C(=O)O)ccc2c(O)cccc12. The third-order valence-electron chi connectivity index (χ3n) is 3.02. The number of phenols is 1. The lowest BCUT2D eigenvalue weighted by molar-refractivity contribution is 0.0694. The Labute approximate surface area is 106 Å². The summed E-state index contributed by atoms with van der Waals surface area (Å²) in [7, 11) is 0. The Morgan fingerprint density at radius 2 is 1.72 bits per heavy atom. The molecule has 0 fully saturated rings. The van der Waals surface area contributed by atoms with Crippen molar-refractivity contribution in [1.82, 2.24) is 0 Å². The van der Waals surface area contributed by atoms with Crippen molar-refractivity contribution in [3.8, 4) is 5.75 Å². The maximum atomic E-state index is 11.3. The van der Waals surface area contributed by atoms with Gasteiger partial charge in [0.05, 0.1) is 5.56 Å². The smallest absolute Gasteiger partial charge is 0.336 e. The average molecular weight is 244 g/mol. The Morgan fingerprint density at radius 1 is 1.06 bits per heavy atom. The number of benzene rings is 2. The molecular weight excluding hydrogens is 228 g/mol. The van der Waals surface area contributed by atoms with E-state index in [1.807, 2.05) is 26.8 Å². The molecule has 94 valence electrons. The van der Waals surface area contributed by atoms with Crippen molar-refractivity contribution in [3.63, 3.8) is 0 Å². The van der Waals surface area contributed by atoms with Crippen LogP contribution < -0.4 is 0 Å². The van der Waals surface area contributed by atoms with Gasteiger partial charge in [0, 0.05) is 5.39 Å². The molecule has 2 rings (SSSR count). The van der Waals surface area contributed by atoms with Gasteiger partial charge in [0.1, 0.15) is 5.75 Å². The van der Waals surface area contributed by atoms with Gasteiger partial charge in [-0.25, -0.2) is 4.79 Å². The molecule has 18 heavy (non-hydrogen) atoms. The van der Waals surface area contributed by atoms with E-state index < -0.39 is 5.97 Å². The molecule has 0 saturated carbocycles. The van der Waals surface area contributed by atoms with Gasteiger partial charge in [0.2, 0.25) is 0 Å². The average Bonchev–Trinajstić information content (AvgIpc) is 2.26. The van der Waals surface area contributed by atoms with Crippen molar-refractivity contribution in [1.29, 1.82) is 0 Å². The van der Waals surface area contributed by atoms with E-state index in [0.29, 0.717) is 10.9 Å². The third kappa shape index (κ3) is 1.92. The minimum atomic E-state index is -0.940. The summed E-state index contributed by atoms with van der Waals surface area (Å²) in [4.78, 5) is 11.3. The van der Waals surface area contributed by atoms with Gasteiger partial charge in [-0.05, 0) is 34.6 Å². The highest BCUT2D eigenvalue weighted by Gasteiger charge is 2.24. The first-order chi connectivity index (χ1) is 8.32. The van der Waals surface area contributed by atoms with Crippen LogP contribution in [0.3, 0.4) is 0 Å².